The summed E-state index contributed by atoms with van der Waals surface area (Å²) in [6, 6.07) is 42.0. The van der Waals surface area contributed by atoms with Crippen molar-refractivity contribution >= 4 is 46.1 Å². The Morgan fingerprint density at radius 1 is 0.709 bits per heavy atom. The number of hydrogen-bond acceptors (Lipinski definition) is 5. The fraction of sp³-hybridized carbons (Fsp3) is 0.188. The number of rotatable bonds is 7. The highest BCUT2D eigenvalue weighted by molar-refractivity contribution is 6.39. The Morgan fingerprint density at radius 2 is 1.35 bits per heavy atom. The van der Waals surface area contributed by atoms with Gasteiger partial charge in [0, 0.05) is 36.2 Å². The number of benzene rings is 6. The molecule has 272 valence electrons. The van der Waals surface area contributed by atoms with Gasteiger partial charge in [0.2, 0.25) is 0 Å². The molecule has 0 aromatic heterocycles. The van der Waals surface area contributed by atoms with Gasteiger partial charge in [-0.25, -0.2) is 9.69 Å². The van der Waals surface area contributed by atoms with E-state index < -0.39 is 17.8 Å². The van der Waals surface area contributed by atoms with Gasteiger partial charge in [0.05, 0.1) is 5.69 Å². The fourth-order valence-corrected chi connectivity index (χ4v) is 8.61. The molecule has 6 aromatic carbocycles. The third kappa shape index (κ3) is 6.25. The molecule has 0 bridgehead atoms. The molecule has 0 saturated carbocycles. The van der Waals surface area contributed by atoms with Crippen molar-refractivity contribution in [2.75, 3.05) is 22.9 Å². The van der Waals surface area contributed by atoms with Crippen LogP contribution >= 0.6 is 0 Å². The first-order valence-corrected chi connectivity index (χ1v) is 19.0. The summed E-state index contributed by atoms with van der Waals surface area (Å²) in [4.78, 5) is 45.9. The van der Waals surface area contributed by atoms with Gasteiger partial charge in [0.1, 0.15) is 17.9 Å². The maximum absolute atomic E-state index is 14.7. The van der Waals surface area contributed by atoms with Crippen molar-refractivity contribution in [3.8, 4) is 5.75 Å². The summed E-state index contributed by atoms with van der Waals surface area (Å²) >= 11 is 0. The second-order valence-electron chi connectivity index (χ2n) is 14.8. The van der Waals surface area contributed by atoms with Crippen molar-refractivity contribution in [2.24, 2.45) is 0 Å². The van der Waals surface area contributed by atoms with Crippen LogP contribution in [0.5, 0.6) is 5.75 Å². The second-order valence-corrected chi connectivity index (χ2v) is 14.8. The Balaban J connectivity index is 1.16. The molecule has 6 aromatic rings. The van der Waals surface area contributed by atoms with Crippen LogP contribution in [-0.4, -0.2) is 30.9 Å². The molecule has 3 aliphatic rings. The minimum absolute atomic E-state index is 0.0768. The molecule has 55 heavy (non-hydrogen) atoms. The van der Waals surface area contributed by atoms with E-state index in [9.17, 15) is 14.4 Å². The molecule has 0 radical (unpaired) electrons. The molecule has 1 N–H and O–H groups in total. The van der Waals surface area contributed by atoms with Crippen LogP contribution in [0.1, 0.15) is 69.2 Å². The Labute approximate surface area is 320 Å². The molecule has 0 aliphatic carbocycles. The zero-order valence-electron chi connectivity index (χ0n) is 30.9. The van der Waals surface area contributed by atoms with Crippen LogP contribution in [0, 0.1) is 13.8 Å². The normalized spacial score (nSPS) is 18.7. The van der Waals surface area contributed by atoms with Gasteiger partial charge in [-0.05, 0) is 101 Å². The van der Waals surface area contributed by atoms with Crippen molar-refractivity contribution in [1.82, 2.24) is 5.32 Å². The lowest BCUT2D eigenvalue weighted by atomic mass is 9.76. The number of carbonyl (C=O) groups excluding carboxylic acids is 3. The van der Waals surface area contributed by atoms with E-state index in [4.69, 9.17) is 4.74 Å². The highest BCUT2D eigenvalue weighted by Gasteiger charge is 2.41. The number of fused-ring (bicyclic) bond motifs is 1. The summed E-state index contributed by atoms with van der Waals surface area (Å²) in [5.41, 5.74) is 10.0. The molecule has 3 heterocycles. The minimum atomic E-state index is -0.764. The average Bonchev–Trinajstić information content (AvgIpc) is 3.21. The van der Waals surface area contributed by atoms with E-state index in [0.29, 0.717) is 23.6 Å². The van der Waals surface area contributed by atoms with Crippen LogP contribution in [0.3, 0.4) is 0 Å². The van der Waals surface area contributed by atoms with Gasteiger partial charge in [-0.2, -0.15) is 0 Å². The number of hydrogen-bond donors (Lipinski definition) is 1. The first-order valence-electron chi connectivity index (χ1n) is 19.0. The number of urea groups is 1. The van der Waals surface area contributed by atoms with Gasteiger partial charge in [0.25, 0.3) is 11.8 Å². The number of barbiturate groups is 1. The maximum Gasteiger partial charge on any atom is 0.335 e. The van der Waals surface area contributed by atoms with Crippen LogP contribution in [0.2, 0.25) is 0 Å². The molecule has 0 unspecified atom stereocenters. The van der Waals surface area contributed by atoms with Crippen molar-refractivity contribution in [3.63, 3.8) is 0 Å². The molecule has 4 amide bonds. The molecule has 9 rings (SSSR count). The molecule has 2 atom stereocenters. The number of nitrogens with zero attached hydrogens (tertiary/aromatic N) is 2. The molecule has 7 nitrogen and oxygen atoms in total. The lowest BCUT2D eigenvalue weighted by Crippen LogP contribution is -2.54. The van der Waals surface area contributed by atoms with Gasteiger partial charge in [-0.15, -0.1) is 0 Å². The van der Waals surface area contributed by atoms with Gasteiger partial charge < -0.3 is 9.64 Å². The molecular weight excluding hydrogens is 683 g/mol. The monoisotopic (exact) mass is 723 g/mol. The SMILES string of the molecule is Cc1ccc(COc2ccc3ccccc3c2/C=C2\C(=O)NC(=O)N(c3cc4c5c(c3)[C@H](c3ccccc3)CCN5CC[C@H]4c3ccccc3)C2=O)cc1C. The summed E-state index contributed by atoms with van der Waals surface area (Å²) in [6.45, 7) is 6.29. The first-order chi connectivity index (χ1) is 26.8. The Morgan fingerprint density at radius 3 is 2.00 bits per heavy atom. The van der Waals surface area contributed by atoms with Gasteiger partial charge in [-0.3, -0.25) is 14.9 Å². The standard InChI is InChI=1S/C48H41N3O4/c1-30-17-18-32(25-31(30)2)29-55-44-20-19-35-15-9-10-16-37(35)40(44)28-43-46(52)49-48(54)51(47(43)53)36-26-41-38(33-11-5-3-6-12-33)21-23-50-24-22-39(42(27-36)45(41)50)34-13-7-4-8-14-34/h3-20,25-28,38-39H,21-24,29H2,1-2H3,(H,49,52,54)/b43-28+/t38-,39-/m0/s1. The third-order valence-electron chi connectivity index (χ3n) is 11.5. The van der Waals surface area contributed by atoms with Gasteiger partial charge in [-0.1, -0.05) is 109 Å². The summed E-state index contributed by atoms with van der Waals surface area (Å²) in [5, 5.41) is 4.26. The number of amides is 4. The zero-order valence-corrected chi connectivity index (χ0v) is 30.9. The highest BCUT2D eigenvalue weighted by atomic mass is 16.5. The van der Waals surface area contributed by atoms with E-state index in [0.717, 1.165) is 58.3 Å². The Hall–Kier alpha value is -6.47. The number of imide groups is 2. The Kier molecular flexibility index (Phi) is 8.77. The maximum atomic E-state index is 14.7. The number of anilines is 2. The van der Waals surface area contributed by atoms with Crippen LogP contribution < -0.4 is 19.9 Å². The van der Waals surface area contributed by atoms with Crippen LogP contribution in [0.25, 0.3) is 16.8 Å². The lowest BCUT2D eigenvalue weighted by Gasteiger charge is -2.44. The van der Waals surface area contributed by atoms with E-state index in [2.05, 4.69) is 84.7 Å². The summed E-state index contributed by atoms with van der Waals surface area (Å²) < 4.78 is 6.41. The predicted molar refractivity (Wildman–Crippen MR) is 218 cm³/mol. The van der Waals surface area contributed by atoms with Crippen molar-refractivity contribution < 1.29 is 19.1 Å². The summed E-state index contributed by atoms with van der Waals surface area (Å²) in [7, 11) is 0. The fourth-order valence-electron chi connectivity index (χ4n) is 8.61. The van der Waals surface area contributed by atoms with Crippen LogP contribution in [-0.2, 0) is 16.2 Å². The topological polar surface area (TPSA) is 79.0 Å². The number of ether oxygens (including phenoxy) is 1. The van der Waals surface area contributed by atoms with Crippen molar-refractivity contribution in [2.45, 2.75) is 45.1 Å². The smallest absolute Gasteiger partial charge is 0.335 e. The van der Waals surface area contributed by atoms with Gasteiger partial charge in [0.15, 0.2) is 0 Å². The van der Waals surface area contributed by atoms with Crippen molar-refractivity contribution in [3.05, 3.63) is 177 Å². The molecular formula is C48H41N3O4. The van der Waals surface area contributed by atoms with E-state index in [-0.39, 0.29) is 17.4 Å². The number of aryl methyl sites for hydroxylation is 2. The lowest BCUT2D eigenvalue weighted by molar-refractivity contribution is -0.122. The first kappa shape index (κ1) is 34.3. The average molecular weight is 724 g/mol. The van der Waals surface area contributed by atoms with E-state index in [1.807, 2.05) is 66.7 Å². The third-order valence-corrected chi connectivity index (χ3v) is 11.5. The predicted octanol–water partition coefficient (Wildman–Crippen LogP) is 9.58. The van der Waals surface area contributed by atoms with Gasteiger partial charge >= 0.3 is 6.03 Å². The minimum Gasteiger partial charge on any atom is -0.488 e. The van der Waals surface area contributed by atoms with E-state index in [1.54, 1.807) is 6.08 Å². The summed E-state index contributed by atoms with van der Waals surface area (Å²) in [6.07, 6.45) is 3.40. The molecule has 1 fully saturated rings. The van der Waals surface area contributed by atoms with Crippen LogP contribution in [0.15, 0.2) is 133 Å². The quantitative estimate of drug-likeness (QED) is 0.131. The summed E-state index contributed by atoms with van der Waals surface area (Å²) in [5.74, 6) is -0.733. The second kappa shape index (κ2) is 14.1. The highest BCUT2D eigenvalue weighted by Crippen LogP contribution is 2.50. The number of nitrogens with one attached hydrogen (secondary N) is 1. The van der Waals surface area contributed by atoms with Crippen molar-refractivity contribution in [1.29, 1.82) is 0 Å². The molecule has 3 aliphatic heterocycles. The van der Waals surface area contributed by atoms with E-state index >= 15 is 0 Å². The molecule has 7 heteroatoms. The largest absolute Gasteiger partial charge is 0.488 e. The van der Waals surface area contributed by atoms with Crippen LogP contribution in [0.4, 0.5) is 16.2 Å². The molecule has 1 saturated heterocycles. The van der Waals surface area contributed by atoms with E-state index in [1.165, 1.54) is 27.9 Å². The number of carbonyl (C=O) groups is 3. The Bertz CT molecular complexity index is 2450. The zero-order chi connectivity index (χ0) is 37.6. The molecule has 0 spiro atoms.